The molecule has 0 heterocycles. The summed E-state index contributed by atoms with van der Waals surface area (Å²) in [6.07, 6.45) is 0.652. The highest BCUT2D eigenvalue weighted by Crippen LogP contribution is 2.17. The monoisotopic (exact) mass is 270 g/mol. The lowest BCUT2D eigenvalue weighted by Gasteiger charge is -2.23. The van der Waals surface area contributed by atoms with Crippen molar-refractivity contribution in [3.8, 4) is 0 Å². The van der Waals surface area contributed by atoms with Crippen LogP contribution in [0.3, 0.4) is 0 Å². The molecular formula is C13H22N2O2S. The number of anilines is 2. The zero-order chi connectivity index (χ0) is 13.6. The van der Waals surface area contributed by atoms with E-state index < -0.39 is 9.84 Å². The molecule has 0 bridgehead atoms. The third kappa shape index (κ3) is 4.56. The minimum Gasteiger partial charge on any atom is -0.399 e. The molecule has 0 unspecified atom stereocenters. The SMILES string of the molecule is CCN(CCCS(=O)(=O)CC)c1cccc(N)c1. The van der Waals surface area contributed by atoms with Gasteiger partial charge in [0.25, 0.3) is 0 Å². The second-order valence-electron chi connectivity index (χ2n) is 4.26. The van der Waals surface area contributed by atoms with Gasteiger partial charge in [-0.25, -0.2) is 8.42 Å². The minimum atomic E-state index is -2.87. The van der Waals surface area contributed by atoms with Crippen LogP contribution in [0.5, 0.6) is 0 Å². The van der Waals surface area contributed by atoms with Gasteiger partial charge in [0.15, 0.2) is 0 Å². The molecule has 2 N–H and O–H groups in total. The number of benzene rings is 1. The van der Waals surface area contributed by atoms with Crippen LogP contribution in [0.25, 0.3) is 0 Å². The van der Waals surface area contributed by atoms with E-state index in [0.29, 0.717) is 6.42 Å². The first-order valence-electron chi connectivity index (χ1n) is 6.29. The van der Waals surface area contributed by atoms with Crippen molar-refractivity contribution in [2.75, 3.05) is 35.2 Å². The smallest absolute Gasteiger partial charge is 0.150 e. The summed E-state index contributed by atoms with van der Waals surface area (Å²) in [5.41, 5.74) is 7.52. The molecule has 0 spiro atoms. The number of nitrogens with zero attached hydrogens (tertiary/aromatic N) is 1. The third-order valence-corrected chi connectivity index (χ3v) is 4.73. The molecule has 5 heteroatoms. The van der Waals surface area contributed by atoms with Crippen LogP contribution in [-0.4, -0.2) is 33.0 Å². The predicted octanol–water partition coefficient (Wildman–Crippen LogP) is 1.92. The van der Waals surface area contributed by atoms with Crippen LogP contribution < -0.4 is 10.6 Å². The van der Waals surface area contributed by atoms with Crippen molar-refractivity contribution < 1.29 is 8.42 Å². The van der Waals surface area contributed by atoms with E-state index in [4.69, 9.17) is 5.73 Å². The summed E-state index contributed by atoms with van der Waals surface area (Å²) in [6.45, 7) is 5.32. The fourth-order valence-electron chi connectivity index (χ4n) is 1.81. The number of nitrogens with two attached hydrogens (primary N) is 1. The minimum absolute atomic E-state index is 0.220. The Kier molecular flexibility index (Phi) is 5.47. The summed E-state index contributed by atoms with van der Waals surface area (Å²) in [5, 5.41) is 0. The molecule has 0 aromatic heterocycles. The maximum atomic E-state index is 11.4. The molecule has 0 aliphatic carbocycles. The molecule has 4 nitrogen and oxygen atoms in total. The van der Waals surface area contributed by atoms with Crippen LogP contribution >= 0.6 is 0 Å². The molecule has 0 amide bonds. The average Bonchev–Trinajstić information content (AvgIpc) is 2.34. The fraction of sp³-hybridized carbons (Fsp3) is 0.538. The summed E-state index contributed by atoms with van der Waals surface area (Å²) in [6, 6.07) is 7.67. The lowest BCUT2D eigenvalue weighted by Crippen LogP contribution is -2.26. The highest BCUT2D eigenvalue weighted by atomic mass is 32.2. The zero-order valence-corrected chi connectivity index (χ0v) is 11.9. The fourth-order valence-corrected chi connectivity index (χ4v) is 2.67. The summed E-state index contributed by atoms with van der Waals surface area (Å²) in [4.78, 5) is 2.14. The number of hydrogen-bond donors (Lipinski definition) is 1. The van der Waals surface area contributed by atoms with Crippen LogP contribution in [-0.2, 0) is 9.84 Å². The normalized spacial score (nSPS) is 11.4. The van der Waals surface area contributed by atoms with Gasteiger partial charge in [-0.3, -0.25) is 0 Å². The van der Waals surface area contributed by atoms with Crippen molar-refractivity contribution in [1.29, 1.82) is 0 Å². The quantitative estimate of drug-likeness (QED) is 0.769. The predicted molar refractivity (Wildman–Crippen MR) is 77.7 cm³/mol. The molecule has 102 valence electrons. The van der Waals surface area contributed by atoms with Gasteiger partial charge in [0.05, 0.1) is 5.75 Å². The first-order chi connectivity index (χ1) is 8.48. The van der Waals surface area contributed by atoms with Crippen molar-refractivity contribution in [1.82, 2.24) is 0 Å². The molecular weight excluding hydrogens is 248 g/mol. The molecule has 0 saturated heterocycles. The van der Waals surface area contributed by atoms with Crippen LogP contribution in [0.2, 0.25) is 0 Å². The highest BCUT2D eigenvalue weighted by Gasteiger charge is 2.09. The van der Waals surface area contributed by atoms with Gasteiger partial charge < -0.3 is 10.6 Å². The molecule has 0 radical (unpaired) electrons. The Morgan fingerprint density at radius 3 is 2.56 bits per heavy atom. The van der Waals surface area contributed by atoms with Crippen molar-refractivity contribution >= 4 is 21.2 Å². The first kappa shape index (κ1) is 14.8. The summed E-state index contributed by atoms with van der Waals surface area (Å²) < 4.78 is 22.8. The van der Waals surface area contributed by atoms with Gasteiger partial charge in [-0.1, -0.05) is 13.0 Å². The van der Waals surface area contributed by atoms with Gasteiger partial charge in [-0.15, -0.1) is 0 Å². The maximum Gasteiger partial charge on any atom is 0.150 e. The van der Waals surface area contributed by atoms with E-state index in [9.17, 15) is 8.42 Å². The first-order valence-corrected chi connectivity index (χ1v) is 8.11. The van der Waals surface area contributed by atoms with Crippen LogP contribution in [0.1, 0.15) is 20.3 Å². The summed E-state index contributed by atoms with van der Waals surface area (Å²) >= 11 is 0. The van der Waals surface area contributed by atoms with Gasteiger partial charge in [0, 0.05) is 30.2 Å². The van der Waals surface area contributed by atoms with E-state index >= 15 is 0 Å². The lowest BCUT2D eigenvalue weighted by atomic mass is 10.2. The second-order valence-corrected chi connectivity index (χ2v) is 6.74. The van der Waals surface area contributed by atoms with Crippen molar-refractivity contribution in [3.05, 3.63) is 24.3 Å². The van der Waals surface area contributed by atoms with Crippen LogP contribution in [0.15, 0.2) is 24.3 Å². The number of nitrogen functional groups attached to an aromatic ring is 1. The molecule has 18 heavy (non-hydrogen) atoms. The molecule has 0 saturated carbocycles. The van der Waals surface area contributed by atoms with Gasteiger partial charge in [0.2, 0.25) is 0 Å². The summed E-state index contributed by atoms with van der Waals surface area (Å²) in [7, 11) is -2.87. The van der Waals surface area contributed by atoms with E-state index in [0.717, 1.165) is 24.5 Å². The third-order valence-electron chi connectivity index (χ3n) is 2.94. The molecule has 0 atom stereocenters. The number of rotatable bonds is 7. The summed E-state index contributed by atoms with van der Waals surface area (Å²) in [5.74, 6) is 0.472. The maximum absolute atomic E-state index is 11.4. The number of sulfone groups is 1. The molecule has 0 aliphatic rings. The van der Waals surface area contributed by atoms with Crippen molar-refractivity contribution in [2.24, 2.45) is 0 Å². The molecule has 0 fully saturated rings. The van der Waals surface area contributed by atoms with Crippen LogP contribution in [0.4, 0.5) is 11.4 Å². The Hall–Kier alpha value is -1.23. The van der Waals surface area contributed by atoms with Crippen LogP contribution in [0, 0.1) is 0 Å². The van der Waals surface area contributed by atoms with Gasteiger partial charge in [-0.2, -0.15) is 0 Å². The Morgan fingerprint density at radius 2 is 2.00 bits per heavy atom. The Balaban J connectivity index is 2.58. The largest absolute Gasteiger partial charge is 0.399 e. The van der Waals surface area contributed by atoms with Crippen molar-refractivity contribution in [3.63, 3.8) is 0 Å². The standard InChI is InChI=1S/C13H22N2O2S/c1-3-15(9-6-10-18(16,17)4-2)13-8-5-7-12(14)11-13/h5,7-8,11H,3-4,6,9-10,14H2,1-2H3. The van der Waals surface area contributed by atoms with Crippen molar-refractivity contribution in [2.45, 2.75) is 20.3 Å². The Bertz CT molecular complexity index is 472. The van der Waals surface area contributed by atoms with E-state index in [1.165, 1.54) is 0 Å². The van der Waals surface area contributed by atoms with E-state index in [2.05, 4.69) is 11.8 Å². The van der Waals surface area contributed by atoms with Gasteiger partial charge >= 0.3 is 0 Å². The van der Waals surface area contributed by atoms with E-state index in [-0.39, 0.29) is 11.5 Å². The van der Waals surface area contributed by atoms with E-state index in [1.54, 1.807) is 6.92 Å². The number of hydrogen-bond acceptors (Lipinski definition) is 4. The van der Waals surface area contributed by atoms with E-state index in [1.807, 2.05) is 24.3 Å². The zero-order valence-electron chi connectivity index (χ0n) is 11.1. The van der Waals surface area contributed by atoms with Gasteiger partial charge in [-0.05, 0) is 31.5 Å². The highest BCUT2D eigenvalue weighted by molar-refractivity contribution is 7.91. The Morgan fingerprint density at radius 1 is 1.28 bits per heavy atom. The lowest BCUT2D eigenvalue weighted by molar-refractivity contribution is 0.594. The van der Waals surface area contributed by atoms with Gasteiger partial charge in [0.1, 0.15) is 9.84 Å². The molecule has 0 aliphatic heterocycles. The molecule has 1 aromatic rings. The second kappa shape index (κ2) is 6.64. The Labute approximate surface area is 110 Å². The molecule has 1 aromatic carbocycles. The topological polar surface area (TPSA) is 63.4 Å². The molecule has 1 rings (SSSR count). The average molecular weight is 270 g/mol.